The Kier molecular flexibility index (Phi) is 3.52. The summed E-state index contributed by atoms with van der Waals surface area (Å²) in [4.78, 5) is 0. The maximum atomic E-state index is 8.68. The van der Waals surface area contributed by atoms with Crippen molar-refractivity contribution in [3.8, 4) is 6.07 Å². The van der Waals surface area contributed by atoms with E-state index in [2.05, 4.69) is 25.1 Å². The molecule has 0 aliphatic carbocycles. The Labute approximate surface area is 80.0 Å². The zero-order valence-corrected chi connectivity index (χ0v) is 8.20. The molecule has 0 fully saturated rings. The van der Waals surface area contributed by atoms with Gasteiger partial charge in [-0.3, -0.25) is 0 Å². The second-order valence-corrected chi connectivity index (χ2v) is 3.58. The minimum absolute atomic E-state index is 0.148. The zero-order valence-electron chi connectivity index (χ0n) is 8.20. The number of rotatable bonds is 3. The van der Waals surface area contributed by atoms with Crippen LogP contribution in [0.2, 0.25) is 0 Å². The normalized spacial score (nSPS) is 14.5. The van der Waals surface area contributed by atoms with E-state index in [1.54, 1.807) is 0 Å². The summed E-state index contributed by atoms with van der Waals surface area (Å²) in [7, 11) is 0. The van der Waals surface area contributed by atoms with Crippen LogP contribution in [-0.4, -0.2) is 0 Å². The highest BCUT2D eigenvalue weighted by atomic mass is 14.3. The molecule has 0 aromatic heterocycles. The van der Waals surface area contributed by atoms with Gasteiger partial charge >= 0.3 is 0 Å². The van der Waals surface area contributed by atoms with Crippen LogP contribution in [0.5, 0.6) is 0 Å². The van der Waals surface area contributed by atoms with Crippen LogP contribution in [0.4, 0.5) is 0 Å². The molecule has 13 heavy (non-hydrogen) atoms. The highest BCUT2D eigenvalue weighted by molar-refractivity contribution is 5.18. The number of nitrogens with zero attached hydrogens (tertiary/aromatic N) is 1. The standard InChI is InChI=1S/C12H15N/c1-10(9-13)8-11(2)12-6-4-3-5-7-12/h3-7,10-11H,8H2,1-2H3/t10?,11-/m0/s1. The fraction of sp³-hybridized carbons (Fsp3) is 0.417. The van der Waals surface area contributed by atoms with Gasteiger partial charge in [0, 0.05) is 5.92 Å². The fourth-order valence-corrected chi connectivity index (χ4v) is 1.50. The molecule has 0 radical (unpaired) electrons. The van der Waals surface area contributed by atoms with E-state index < -0.39 is 0 Å². The summed E-state index contributed by atoms with van der Waals surface area (Å²) in [6.07, 6.45) is 0.945. The maximum Gasteiger partial charge on any atom is 0.0653 e. The average molecular weight is 173 g/mol. The van der Waals surface area contributed by atoms with E-state index in [0.29, 0.717) is 5.92 Å². The van der Waals surface area contributed by atoms with Crippen molar-refractivity contribution in [1.29, 1.82) is 5.26 Å². The summed E-state index contributed by atoms with van der Waals surface area (Å²) in [5.41, 5.74) is 1.32. The summed E-state index contributed by atoms with van der Waals surface area (Å²) >= 11 is 0. The third-order valence-corrected chi connectivity index (χ3v) is 2.30. The highest BCUT2D eigenvalue weighted by Crippen LogP contribution is 2.22. The molecule has 0 aliphatic heterocycles. The van der Waals surface area contributed by atoms with Crippen molar-refractivity contribution in [3.05, 3.63) is 35.9 Å². The Balaban J connectivity index is 2.60. The molecule has 0 spiro atoms. The number of benzene rings is 1. The molecular weight excluding hydrogens is 158 g/mol. The van der Waals surface area contributed by atoms with Gasteiger partial charge in [-0.15, -0.1) is 0 Å². The SMILES string of the molecule is CC(C#N)C[C@H](C)c1ccccc1. The average Bonchev–Trinajstić information content (AvgIpc) is 2.19. The van der Waals surface area contributed by atoms with E-state index >= 15 is 0 Å². The minimum Gasteiger partial charge on any atom is -0.198 e. The van der Waals surface area contributed by atoms with Crippen molar-refractivity contribution in [1.82, 2.24) is 0 Å². The van der Waals surface area contributed by atoms with E-state index in [4.69, 9.17) is 5.26 Å². The molecule has 0 heterocycles. The van der Waals surface area contributed by atoms with Crippen LogP contribution >= 0.6 is 0 Å². The van der Waals surface area contributed by atoms with Crippen molar-refractivity contribution in [2.24, 2.45) is 5.92 Å². The van der Waals surface area contributed by atoms with Gasteiger partial charge in [0.05, 0.1) is 6.07 Å². The molecule has 0 N–H and O–H groups in total. The lowest BCUT2D eigenvalue weighted by Gasteiger charge is -2.12. The third kappa shape index (κ3) is 2.91. The molecule has 0 bridgehead atoms. The summed E-state index contributed by atoms with van der Waals surface area (Å²) in [5.74, 6) is 0.631. The fourth-order valence-electron chi connectivity index (χ4n) is 1.50. The first-order valence-corrected chi connectivity index (χ1v) is 4.68. The van der Waals surface area contributed by atoms with Crippen LogP contribution in [0, 0.1) is 17.2 Å². The van der Waals surface area contributed by atoms with Crippen molar-refractivity contribution in [2.75, 3.05) is 0 Å². The first kappa shape index (κ1) is 9.80. The van der Waals surface area contributed by atoms with Crippen LogP contribution in [0.3, 0.4) is 0 Å². The van der Waals surface area contributed by atoms with E-state index in [0.717, 1.165) is 6.42 Å². The Morgan fingerprint density at radius 3 is 2.38 bits per heavy atom. The number of hydrogen-bond acceptors (Lipinski definition) is 1. The topological polar surface area (TPSA) is 23.8 Å². The van der Waals surface area contributed by atoms with Gasteiger partial charge in [0.25, 0.3) is 0 Å². The molecule has 1 rings (SSSR count). The lowest BCUT2D eigenvalue weighted by molar-refractivity contribution is 0.577. The lowest BCUT2D eigenvalue weighted by atomic mass is 9.92. The Hall–Kier alpha value is -1.29. The highest BCUT2D eigenvalue weighted by Gasteiger charge is 2.08. The van der Waals surface area contributed by atoms with Gasteiger partial charge < -0.3 is 0 Å². The first-order valence-electron chi connectivity index (χ1n) is 4.68. The molecule has 1 heteroatoms. The van der Waals surface area contributed by atoms with E-state index in [-0.39, 0.29) is 5.92 Å². The largest absolute Gasteiger partial charge is 0.198 e. The van der Waals surface area contributed by atoms with Crippen LogP contribution in [0.25, 0.3) is 0 Å². The molecule has 0 aliphatic rings. The number of hydrogen-bond donors (Lipinski definition) is 0. The Morgan fingerprint density at radius 2 is 1.85 bits per heavy atom. The van der Waals surface area contributed by atoms with Gasteiger partial charge in [0.15, 0.2) is 0 Å². The van der Waals surface area contributed by atoms with Crippen LogP contribution in [-0.2, 0) is 0 Å². The Morgan fingerprint density at radius 1 is 1.23 bits per heavy atom. The quantitative estimate of drug-likeness (QED) is 0.687. The van der Waals surface area contributed by atoms with Gasteiger partial charge in [-0.2, -0.15) is 5.26 Å². The molecule has 2 atom stereocenters. The summed E-state index contributed by atoms with van der Waals surface area (Å²) < 4.78 is 0. The molecular formula is C12H15N. The van der Waals surface area contributed by atoms with Crippen molar-refractivity contribution < 1.29 is 0 Å². The van der Waals surface area contributed by atoms with E-state index in [1.807, 2.05) is 25.1 Å². The van der Waals surface area contributed by atoms with Gasteiger partial charge in [-0.05, 0) is 24.8 Å². The molecule has 0 saturated heterocycles. The summed E-state index contributed by atoms with van der Waals surface area (Å²) in [6, 6.07) is 12.6. The third-order valence-electron chi connectivity index (χ3n) is 2.30. The smallest absolute Gasteiger partial charge is 0.0653 e. The van der Waals surface area contributed by atoms with Gasteiger partial charge in [-0.1, -0.05) is 37.3 Å². The summed E-state index contributed by atoms with van der Waals surface area (Å²) in [6.45, 7) is 4.14. The maximum absolute atomic E-state index is 8.68. The van der Waals surface area contributed by atoms with Crippen molar-refractivity contribution in [2.45, 2.75) is 26.2 Å². The van der Waals surface area contributed by atoms with Crippen LogP contribution < -0.4 is 0 Å². The molecule has 68 valence electrons. The van der Waals surface area contributed by atoms with Gasteiger partial charge in [0.1, 0.15) is 0 Å². The van der Waals surface area contributed by atoms with Crippen LogP contribution in [0.15, 0.2) is 30.3 Å². The Bertz CT molecular complexity index is 284. The second-order valence-electron chi connectivity index (χ2n) is 3.58. The summed E-state index contributed by atoms with van der Waals surface area (Å²) in [5, 5.41) is 8.68. The number of nitriles is 1. The lowest BCUT2D eigenvalue weighted by Crippen LogP contribution is -1.99. The minimum atomic E-state index is 0.148. The molecule has 0 amide bonds. The molecule has 0 saturated carbocycles. The molecule has 1 nitrogen and oxygen atoms in total. The van der Waals surface area contributed by atoms with Crippen LogP contribution in [0.1, 0.15) is 31.7 Å². The predicted octanol–water partition coefficient (Wildman–Crippen LogP) is 3.34. The zero-order chi connectivity index (χ0) is 9.68. The van der Waals surface area contributed by atoms with E-state index in [1.165, 1.54) is 5.56 Å². The first-order chi connectivity index (χ1) is 6.24. The molecule has 1 aromatic carbocycles. The van der Waals surface area contributed by atoms with Crippen molar-refractivity contribution >= 4 is 0 Å². The molecule has 1 unspecified atom stereocenters. The second kappa shape index (κ2) is 4.67. The van der Waals surface area contributed by atoms with Gasteiger partial charge in [0.2, 0.25) is 0 Å². The predicted molar refractivity (Wildman–Crippen MR) is 54.3 cm³/mol. The van der Waals surface area contributed by atoms with Gasteiger partial charge in [-0.25, -0.2) is 0 Å². The van der Waals surface area contributed by atoms with E-state index in [9.17, 15) is 0 Å². The monoisotopic (exact) mass is 173 g/mol. The van der Waals surface area contributed by atoms with Crippen molar-refractivity contribution in [3.63, 3.8) is 0 Å². The molecule has 1 aromatic rings.